The first-order valence-corrected chi connectivity index (χ1v) is 13.0. The van der Waals surface area contributed by atoms with Gasteiger partial charge in [0.2, 0.25) is 0 Å². The summed E-state index contributed by atoms with van der Waals surface area (Å²) in [5.74, 6) is -1.27. The molecule has 0 aliphatic heterocycles. The summed E-state index contributed by atoms with van der Waals surface area (Å²) in [6.45, 7) is 9.48. The Morgan fingerprint density at radius 1 is 1.12 bits per heavy atom. The minimum Gasteiger partial charge on any atom is -0.393 e. The molecule has 0 aromatic heterocycles. The number of aliphatic hydroxyl groups is 6. The molecule has 4 rings (SSSR count). The van der Waals surface area contributed by atoms with E-state index in [4.69, 9.17) is 0 Å². The monoisotopic (exact) mass is 480 g/mol. The van der Waals surface area contributed by atoms with Crippen molar-refractivity contribution in [2.75, 3.05) is 0 Å². The number of hydrogen-bond donors (Lipinski definition) is 6. The highest BCUT2D eigenvalue weighted by molar-refractivity contribution is 5.95. The van der Waals surface area contributed by atoms with E-state index in [0.29, 0.717) is 37.7 Å². The van der Waals surface area contributed by atoms with Crippen LogP contribution < -0.4 is 0 Å². The first kappa shape index (κ1) is 26.2. The molecule has 4 aliphatic rings. The topological polar surface area (TPSA) is 138 Å². The van der Waals surface area contributed by atoms with Crippen LogP contribution in [-0.2, 0) is 4.79 Å². The van der Waals surface area contributed by atoms with Gasteiger partial charge in [-0.05, 0) is 93.6 Å². The minimum atomic E-state index is -1.35. The second-order valence-corrected chi connectivity index (χ2v) is 13.0. The van der Waals surface area contributed by atoms with Gasteiger partial charge in [0, 0.05) is 5.41 Å². The van der Waals surface area contributed by atoms with E-state index in [1.54, 1.807) is 13.8 Å². The number of fused-ring (bicyclic) bond motifs is 5. The molecule has 0 amide bonds. The van der Waals surface area contributed by atoms with Crippen LogP contribution >= 0.6 is 0 Å². The first-order chi connectivity index (χ1) is 15.6. The Kier molecular flexibility index (Phi) is 6.45. The van der Waals surface area contributed by atoms with Gasteiger partial charge in [0.05, 0.1) is 35.4 Å². The fourth-order valence-electron chi connectivity index (χ4n) is 8.42. The number of aliphatic hydroxyl groups excluding tert-OH is 4. The number of carbonyl (C=O) groups excluding carboxylic acids is 1. The second kappa shape index (κ2) is 8.35. The molecule has 3 fully saturated rings. The highest BCUT2D eigenvalue weighted by Crippen LogP contribution is 2.68. The Bertz CT molecular complexity index is 848. The van der Waals surface area contributed by atoms with E-state index in [0.717, 1.165) is 6.42 Å². The maximum Gasteiger partial charge on any atom is 0.162 e. The molecule has 0 heterocycles. The maximum atomic E-state index is 13.3. The quantitative estimate of drug-likeness (QED) is 0.352. The SMILES string of the molecule is CC([C@H](O)CCC(C)(C)O)[C@H]1CC[C@@]2(O)C3=CC(=O)[C@H]4C(O)[C@H](O)[C@@H](O)C[C@]4(C)C3CC[C@]12C. The third-order valence-electron chi connectivity index (χ3n) is 10.5. The van der Waals surface area contributed by atoms with Gasteiger partial charge in [0.15, 0.2) is 5.78 Å². The second-order valence-electron chi connectivity index (χ2n) is 13.0. The van der Waals surface area contributed by atoms with Gasteiger partial charge in [-0.3, -0.25) is 4.79 Å². The lowest BCUT2D eigenvalue weighted by Gasteiger charge is -2.61. The van der Waals surface area contributed by atoms with Crippen molar-refractivity contribution >= 4 is 5.78 Å². The average Bonchev–Trinajstić information content (AvgIpc) is 3.01. The minimum absolute atomic E-state index is 0.0566. The number of hydrogen-bond acceptors (Lipinski definition) is 7. The standard InChI is InChI=1S/C27H44O7/c1-14(18(28)8-9-24(2,3)33)15-7-11-27(34)17-12-19(29)21-23(32)22(31)20(30)13-25(21,4)16(17)6-10-26(15,27)5/h12,14-16,18,20-23,28,30-34H,6-11,13H2,1-5H3/t14?,15-,16?,18-,20+,21+,22-,23?,25-,26-,27-/m1/s1. The van der Waals surface area contributed by atoms with Crippen LogP contribution in [0.2, 0.25) is 0 Å². The summed E-state index contributed by atoms with van der Waals surface area (Å²) in [5.41, 5.74) is -2.59. The van der Waals surface area contributed by atoms with E-state index < -0.39 is 52.4 Å². The van der Waals surface area contributed by atoms with E-state index in [9.17, 15) is 35.4 Å². The zero-order chi connectivity index (χ0) is 25.4. The van der Waals surface area contributed by atoms with E-state index in [2.05, 4.69) is 6.92 Å². The van der Waals surface area contributed by atoms with Crippen molar-refractivity contribution in [2.24, 2.45) is 34.5 Å². The summed E-state index contributed by atoms with van der Waals surface area (Å²) in [5, 5.41) is 64.6. The van der Waals surface area contributed by atoms with E-state index in [1.807, 2.05) is 13.8 Å². The summed E-state index contributed by atoms with van der Waals surface area (Å²) in [6, 6.07) is 0. The Hall–Kier alpha value is -0.830. The molecule has 3 saturated carbocycles. The van der Waals surface area contributed by atoms with Crippen LogP contribution in [0.3, 0.4) is 0 Å². The number of ketones is 1. The molecule has 0 bridgehead atoms. The summed E-state index contributed by atoms with van der Waals surface area (Å²) >= 11 is 0. The molecule has 7 heteroatoms. The lowest BCUT2D eigenvalue weighted by Crippen LogP contribution is -2.64. The molecule has 0 aromatic carbocycles. The molecule has 0 aromatic rings. The van der Waals surface area contributed by atoms with Gasteiger partial charge in [0.25, 0.3) is 0 Å². The largest absolute Gasteiger partial charge is 0.393 e. The van der Waals surface area contributed by atoms with Crippen LogP contribution in [0.4, 0.5) is 0 Å². The Morgan fingerprint density at radius 3 is 2.38 bits per heavy atom. The van der Waals surface area contributed by atoms with Crippen molar-refractivity contribution in [3.05, 3.63) is 11.6 Å². The lowest BCUT2D eigenvalue weighted by molar-refractivity contribution is -0.187. The summed E-state index contributed by atoms with van der Waals surface area (Å²) in [7, 11) is 0. The van der Waals surface area contributed by atoms with Gasteiger partial charge in [-0.15, -0.1) is 0 Å². The number of carbonyl (C=O) groups is 1. The van der Waals surface area contributed by atoms with Gasteiger partial charge in [0.1, 0.15) is 6.10 Å². The molecule has 34 heavy (non-hydrogen) atoms. The molecule has 4 aliphatic carbocycles. The molecule has 0 spiro atoms. The van der Waals surface area contributed by atoms with Crippen LogP contribution in [0.25, 0.3) is 0 Å². The molecule has 0 radical (unpaired) electrons. The van der Waals surface area contributed by atoms with Crippen molar-refractivity contribution < 1.29 is 35.4 Å². The summed E-state index contributed by atoms with van der Waals surface area (Å²) < 4.78 is 0. The number of allylic oxidation sites excluding steroid dienone is 1. The molecule has 11 atom stereocenters. The van der Waals surface area contributed by atoms with Crippen molar-refractivity contribution in [3.8, 4) is 0 Å². The fourth-order valence-corrected chi connectivity index (χ4v) is 8.42. The Morgan fingerprint density at radius 2 is 1.76 bits per heavy atom. The first-order valence-electron chi connectivity index (χ1n) is 13.0. The normalized spacial score (nSPS) is 48.4. The van der Waals surface area contributed by atoms with Crippen molar-refractivity contribution in [3.63, 3.8) is 0 Å². The predicted octanol–water partition coefficient (Wildman–Crippen LogP) is 1.71. The van der Waals surface area contributed by atoms with Gasteiger partial charge in [-0.25, -0.2) is 0 Å². The zero-order valence-corrected chi connectivity index (χ0v) is 21.2. The summed E-state index contributed by atoms with van der Waals surface area (Å²) in [6.07, 6.45) is 0.966. The number of rotatable bonds is 5. The third kappa shape index (κ3) is 3.73. The van der Waals surface area contributed by atoms with Crippen LogP contribution in [0, 0.1) is 34.5 Å². The van der Waals surface area contributed by atoms with Crippen LogP contribution in [-0.4, -0.2) is 72.0 Å². The van der Waals surface area contributed by atoms with Crippen LogP contribution in [0.15, 0.2) is 11.6 Å². The highest BCUT2D eigenvalue weighted by Gasteiger charge is 2.68. The Balaban J connectivity index is 1.65. The van der Waals surface area contributed by atoms with Crippen LogP contribution in [0.1, 0.15) is 79.6 Å². The zero-order valence-electron chi connectivity index (χ0n) is 21.2. The maximum absolute atomic E-state index is 13.3. The molecule has 0 saturated heterocycles. The van der Waals surface area contributed by atoms with Crippen molar-refractivity contribution in [1.82, 2.24) is 0 Å². The molecule has 194 valence electrons. The van der Waals surface area contributed by atoms with E-state index in [-0.39, 0.29) is 30.0 Å². The molecule has 7 nitrogen and oxygen atoms in total. The predicted molar refractivity (Wildman–Crippen MR) is 127 cm³/mol. The van der Waals surface area contributed by atoms with Crippen molar-refractivity contribution in [2.45, 2.75) is 115 Å². The van der Waals surface area contributed by atoms with E-state index >= 15 is 0 Å². The van der Waals surface area contributed by atoms with Crippen molar-refractivity contribution in [1.29, 1.82) is 0 Å². The Labute approximate surface area is 202 Å². The fraction of sp³-hybridized carbons (Fsp3) is 0.889. The van der Waals surface area contributed by atoms with Crippen LogP contribution in [0.5, 0.6) is 0 Å². The van der Waals surface area contributed by atoms with Gasteiger partial charge < -0.3 is 30.6 Å². The molecule has 6 N–H and O–H groups in total. The smallest absolute Gasteiger partial charge is 0.162 e. The lowest BCUT2D eigenvalue weighted by atomic mass is 9.45. The summed E-state index contributed by atoms with van der Waals surface area (Å²) in [4.78, 5) is 13.3. The molecular weight excluding hydrogens is 436 g/mol. The third-order valence-corrected chi connectivity index (χ3v) is 10.5. The van der Waals surface area contributed by atoms with Gasteiger partial charge in [-0.2, -0.15) is 0 Å². The van der Waals surface area contributed by atoms with Gasteiger partial charge >= 0.3 is 0 Å². The molecular formula is C27H44O7. The highest BCUT2D eigenvalue weighted by atomic mass is 16.4. The molecule has 3 unspecified atom stereocenters. The van der Waals surface area contributed by atoms with Gasteiger partial charge in [-0.1, -0.05) is 20.8 Å². The van der Waals surface area contributed by atoms with E-state index in [1.165, 1.54) is 6.08 Å². The average molecular weight is 481 g/mol.